The van der Waals surface area contributed by atoms with E-state index in [1.807, 2.05) is 36.4 Å². The number of carbonyl (C=O) groups is 1. The van der Waals surface area contributed by atoms with Crippen LogP contribution in [-0.4, -0.2) is 125 Å². The van der Waals surface area contributed by atoms with Crippen LogP contribution in [0.1, 0.15) is 29.5 Å². The van der Waals surface area contributed by atoms with Gasteiger partial charge in [-0.25, -0.2) is 0 Å². The molecule has 3 heterocycles. The van der Waals surface area contributed by atoms with E-state index >= 15 is 0 Å². The first-order chi connectivity index (χ1) is 23.1. The molecule has 2 aliphatic heterocycles. The Kier molecular flexibility index (Phi) is 15.4. The summed E-state index contributed by atoms with van der Waals surface area (Å²) < 4.78 is 56.1. The average molecular weight is 747 g/mol. The Hall–Kier alpha value is -3.40. The molecule has 0 unspecified atom stereocenters. The van der Waals surface area contributed by atoms with E-state index in [1.54, 1.807) is 11.8 Å². The Labute approximate surface area is 302 Å². The molecule has 2 N–H and O–H groups in total. The summed E-state index contributed by atoms with van der Waals surface area (Å²) in [4.78, 5) is 27.9. The molecule has 276 valence electrons. The SMILES string of the molecule is CCOc1nc(OC)c(CN2C[C@@H]3CN(C(=O)C(CO)CO)CCN3[C@H](C(c3ccccc3)c3ccccc3)C2)c(OCC(F)(F)F)n1.Cl.Cl. The molecule has 16 heteroatoms. The molecule has 0 spiro atoms. The third-order valence-corrected chi connectivity index (χ3v) is 8.80. The Balaban J connectivity index is 0.00000338. The van der Waals surface area contributed by atoms with Crippen LogP contribution in [0.3, 0.4) is 0 Å². The average Bonchev–Trinajstić information content (AvgIpc) is 3.09. The van der Waals surface area contributed by atoms with E-state index in [-0.39, 0.29) is 85.2 Å². The standard InChI is InChI=1S/C34H42F3N5O6.2ClH/c1-3-47-33-38-30(46-2)27(31(39-33)48-22-34(35,36)37)18-40-16-26-17-41(32(45)25(20-43)21-44)14-15-42(26)28(19-40)29(23-10-6-4-7-11-23)24-12-8-5-9-13-24;;/h4-13,25-26,28-29,43-44H,3,14-22H2,1-2H3;2*1H/t26-,28+;;/m1../s1. The molecule has 1 amide bonds. The Morgan fingerprint density at radius 2 is 1.50 bits per heavy atom. The number of carbonyl (C=O) groups excluding carboxylic acids is 1. The first-order valence-corrected chi connectivity index (χ1v) is 16.0. The van der Waals surface area contributed by atoms with Crippen LogP contribution in [0.4, 0.5) is 13.2 Å². The minimum absolute atomic E-state index is 0. The third kappa shape index (κ3) is 9.89. The number of aliphatic hydroxyl groups excluding tert-OH is 2. The van der Waals surface area contributed by atoms with Gasteiger partial charge in [0.15, 0.2) is 6.61 Å². The van der Waals surface area contributed by atoms with E-state index in [2.05, 4.69) is 44.0 Å². The van der Waals surface area contributed by atoms with Gasteiger partial charge in [0.05, 0.1) is 38.4 Å². The molecule has 2 fully saturated rings. The second-order valence-electron chi connectivity index (χ2n) is 11.9. The van der Waals surface area contributed by atoms with E-state index in [4.69, 9.17) is 14.2 Å². The van der Waals surface area contributed by atoms with Crippen molar-refractivity contribution < 1.29 is 42.4 Å². The number of aliphatic hydroxyl groups is 2. The minimum atomic E-state index is -4.60. The molecule has 2 aliphatic rings. The molecule has 0 saturated carbocycles. The predicted molar refractivity (Wildman–Crippen MR) is 184 cm³/mol. The largest absolute Gasteiger partial charge is 0.481 e. The topological polar surface area (TPSA) is 121 Å². The monoisotopic (exact) mass is 745 g/mol. The van der Waals surface area contributed by atoms with Crippen LogP contribution in [0.5, 0.6) is 17.8 Å². The number of ether oxygens (including phenoxy) is 3. The fourth-order valence-corrected chi connectivity index (χ4v) is 6.68. The number of aromatic nitrogens is 2. The van der Waals surface area contributed by atoms with Crippen LogP contribution in [0.2, 0.25) is 0 Å². The Morgan fingerprint density at radius 1 is 0.900 bits per heavy atom. The van der Waals surface area contributed by atoms with Crippen molar-refractivity contribution in [2.45, 2.75) is 37.6 Å². The second kappa shape index (κ2) is 18.7. The first kappa shape index (κ1) is 41.0. The smallest absolute Gasteiger partial charge is 0.422 e. The van der Waals surface area contributed by atoms with E-state index < -0.39 is 31.9 Å². The molecular weight excluding hydrogens is 702 g/mol. The summed E-state index contributed by atoms with van der Waals surface area (Å²) >= 11 is 0. The van der Waals surface area contributed by atoms with Crippen molar-refractivity contribution in [2.24, 2.45) is 5.92 Å². The van der Waals surface area contributed by atoms with Gasteiger partial charge in [-0.05, 0) is 18.1 Å². The summed E-state index contributed by atoms with van der Waals surface area (Å²) in [5, 5.41) is 19.4. The normalized spacial score (nSPS) is 18.2. The van der Waals surface area contributed by atoms with Gasteiger partial charge in [0.1, 0.15) is 0 Å². The molecule has 5 rings (SSSR count). The zero-order chi connectivity index (χ0) is 34.3. The van der Waals surface area contributed by atoms with Crippen molar-refractivity contribution in [2.75, 3.05) is 66.3 Å². The number of rotatable bonds is 13. The summed E-state index contributed by atoms with van der Waals surface area (Å²) in [6, 6.07) is 19.8. The lowest BCUT2D eigenvalue weighted by Gasteiger charge is -2.53. The summed E-state index contributed by atoms with van der Waals surface area (Å²) in [5.74, 6) is -1.55. The van der Waals surface area contributed by atoms with E-state index in [9.17, 15) is 28.2 Å². The zero-order valence-electron chi connectivity index (χ0n) is 27.9. The maximum absolute atomic E-state index is 13.3. The lowest BCUT2D eigenvalue weighted by molar-refractivity contribution is -0.154. The van der Waals surface area contributed by atoms with E-state index in [0.29, 0.717) is 32.7 Å². The summed E-state index contributed by atoms with van der Waals surface area (Å²) in [5.41, 5.74) is 2.45. The maximum atomic E-state index is 13.3. The summed E-state index contributed by atoms with van der Waals surface area (Å²) in [6.07, 6.45) is -4.60. The van der Waals surface area contributed by atoms with Gasteiger partial charge in [0.2, 0.25) is 17.7 Å². The molecule has 50 heavy (non-hydrogen) atoms. The van der Waals surface area contributed by atoms with Crippen molar-refractivity contribution in [1.29, 1.82) is 0 Å². The lowest BCUT2D eigenvalue weighted by atomic mass is 9.81. The molecule has 2 saturated heterocycles. The molecule has 3 aromatic rings. The van der Waals surface area contributed by atoms with Crippen molar-refractivity contribution in [3.63, 3.8) is 0 Å². The highest BCUT2D eigenvalue weighted by molar-refractivity contribution is 5.85. The van der Waals surface area contributed by atoms with Gasteiger partial charge in [0, 0.05) is 57.3 Å². The number of hydrogen-bond acceptors (Lipinski definition) is 10. The van der Waals surface area contributed by atoms with Gasteiger partial charge < -0.3 is 29.3 Å². The lowest BCUT2D eigenvalue weighted by Crippen LogP contribution is -2.67. The fraction of sp³-hybridized carbons (Fsp3) is 0.500. The number of nitrogens with zero attached hydrogens (tertiary/aromatic N) is 5. The molecular formula is C34H44Cl2F3N5O6. The van der Waals surface area contributed by atoms with Crippen LogP contribution in [0.15, 0.2) is 60.7 Å². The zero-order valence-corrected chi connectivity index (χ0v) is 29.5. The van der Waals surface area contributed by atoms with Crippen molar-refractivity contribution >= 4 is 30.7 Å². The van der Waals surface area contributed by atoms with Crippen molar-refractivity contribution in [1.82, 2.24) is 24.7 Å². The van der Waals surface area contributed by atoms with Crippen LogP contribution in [-0.2, 0) is 11.3 Å². The third-order valence-electron chi connectivity index (χ3n) is 8.80. The Morgan fingerprint density at radius 3 is 2.04 bits per heavy atom. The number of halogens is 5. The first-order valence-electron chi connectivity index (χ1n) is 16.0. The molecule has 2 atom stereocenters. The second-order valence-corrected chi connectivity index (χ2v) is 11.9. The molecule has 0 bridgehead atoms. The van der Waals surface area contributed by atoms with Crippen LogP contribution < -0.4 is 14.2 Å². The van der Waals surface area contributed by atoms with Gasteiger partial charge in [0.25, 0.3) is 0 Å². The van der Waals surface area contributed by atoms with Crippen molar-refractivity contribution in [3.05, 3.63) is 77.4 Å². The van der Waals surface area contributed by atoms with Crippen LogP contribution in [0.25, 0.3) is 0 Å². The number of alkyl halides is 3. The van der Waals surface area contributed by atoms with Gasteiger partial charge in [-0.1, -0.05) is 60.7 Å². The molecule has 0 radical (unpaired) electrons. The highest BCUT2D eigenvalue weighted by Crippen LogP contribution is 2.38. The fourth-order valence-electron chi connectivity index (χ4n) is 6.68. The number of amides is 1. The molecule has 2 aromatic carbocycles. The van der Waals surface area contributed by atoms with E-state index in [0.717, 1.165) is 11.1 Å². The number of fused-ring (bicyclic) bond motifs is 1. The maximum Gasteiger partial charge on any atom is 0.422 e. The molecule has 0 aliphatic carbocycles. The summed E-state index contributed by atoms with van der Waals surface area (Å²) in [7, 11) is 1.38. The molecule has 1 aromatic heterocycles. The number of methoxy groups -OCH3 is 1. The van der Waals surface area contributed by atoms with E-state index in [1.165, 1.54) is 7.11 Å². The van der Waals surface area contributed by atoms with Gasteiger partial charge in [-0.3, -0.25) is 14.6 Å². The van der Waals surface area contributed by atoms with Crippen LogP contribution >= 0.6 is 24.8 Å². The predicted octanol–water partition coefficient (Wildman–Crippen LogP) is 3.80. The summed E-state index contributed by atoms with van der Waals surface area (Å²) in [6.45, 7) is 1.82. The minimum Gasteiger partial charge on any atom is -0.481 e. The Bertz CT molecular complexity index is 1450. The van der Waals surface area contributed by atoms with Gasteiger partial charge in [-0.15, -0.1) is 24.8 Å². The van der Waals surface area contributed by atoms with Gasteiger partial charge >= 0.3 is 12.2 Å². The quantitative estimate of drug-likeness (QED) is 0.268. The highest BCUT2D eigenvalue weighted by Gasteiger charge is 2.44. The number of piperazine rings is 2. The number of hydrogen-bond donors (Lipinski definition) is 2. The van der Waals surface area contributed by atoms with Crippen LogP contribution in [0, 0.1) is 5.92 Å². The van der Waals surface area contributed by atoms with Crippen molar-refractivity contribution in [3.8, 4) is 17.8 Å². The number of benzene rings is 2. The molecule has 11 nitrogen and oxygen atoms in total. The van der Waals surface area contributed by atoms with Gasteiger partial charge in [-0.2, -0.15) is 23.1 Å². The highest BCUT2D eigenvalue weighted by atomic mass is 35.5.